The van der Waals surface area contributed by atoms with Crippen LogP contribution in [0.25, 0.3) is 0 Å². The van der Waals surface area contributed by atoms with Crippen molar-refractivity contribution >= 4 is 21.7 Å². The molecule has 0 fully saturated rings. The molecule has 0 aliphatic rings. The average Bonchev–Trinajstić information content (AvgIpc) is 2.34. The predicted molar refractivity (Wildman–Crippen MR) is 78.9 cm³/mol. The molecule has 1 rings (SSSR count). The molecule has 0 aliphatic carbocycles. The lowest BCUT2D eigenvalue weighted by Gasteiger charge is -2.16. The fraction of sp³-hybridized carbons (Fsp3) is 0.615. The zero-order valence-electron chi connectivity index (χ0n) is 11.5. The van der Waals surface area contributed by atoms with Gasteiger partial charge in [0, 0.05) is 42.5 Å². The molecular formula is C13H22BrN3O. The molecule has 2 N–H and O–H groups in total. The van der Waals surface area contributed by atoms with Gasteiger partial charge >= 0.3 is 0 Å². The topological polar surface area (TPSA) is 46.2 Å². The molecule has 0 spiro atoms. The van der Waals surface area contributed by atoms with Gasteiger partial charge in [0.1, 0.15) is 5.82 Å². The summed E-state index contributed by atoms with van der Waals surface area (Å²) in [4.78, 5) is 4.41. The highest BCUT2D eigenvalue weighted by atomic mass is 79.9. The Hall–Kier alpha value is -0.650. The fourth-order valence-corrected chi connectivity index (χ4v) is 1.79. The van der Waals surface area contributed by atoms with Gasteiger partial charge in [0.25, 0.3) is 0 Å². The first kappa shape index (κ1) is 15.4. The minimum absolute atomic E-state index is 0.168. The van der Waals surface area contributed by atoms with E-state index in [1.54, 1.807) is 13.3 Å². The molecule has 102 valence electrons. The van der Waals surface area contributed by atoms with Crippen LogP contribution >= 0.6 is 15.9 Å². The van der Waals surface area contributed by atoms with Crippen molar-refractivity contribution in [2.24, 2.45) is 0 Å². The number of methoxy groups -OCH3 is 1. The Bertz CT molecular complexity index is 371. The molecule has 0 amide bonds. The number of ether oxygens (including phenoxy) is 1. The first-order chi connectivity index (χ1) is 8.52. The van der Waals surface area contributed by atoms with E-state index in [1.165, 1.54) is 0 Å². The highest BCUT2D eigenvalue weighted by Gasteiger charge is 2.07. The summed E-state index contributed by atoms with van der Waals surface area (Å²) in [5, 5.41) is 6.72. The molecule has 1 atom stereocenters. The molecule has 1 heterocycles. The second kappa shape index (κ2) is 7.71. The van der Waals surface area contributed by atoms with Crippen molar-refractivity contribution in [1.82, 2.24) is 10.3 Å². The zero-order chi connectivity index (χ0) is 13.5. The molecule has 0 radical (unpaired) electrons. The first-order valence-electron chi connectivity index (χ1n) is 6.17. The Morgan fingerprint density at radius 1 is 1.39 bits per heavy atom. The molecule has 0 aromatic carbocycles. The van der Waals surface area contributed by atoms with Crippen LogP contribution in [-0.2, 0) is 11.3 Å². The van der Waals surface area contributed by atoms with E-state index in [-0.39, 0.29) is 6.10 Å². The summed E-state index contributed by atoms with van der Waals surface area (Å²) in [5.74, 6) is 0.912. The Kier molecular flexibility index (Phi) is 6.60. The molecule has 18 heavy (non-hydrogen) atoms. The molecule has 0 saturated heterocycles. The Labute approximate surface area is 118 Å². The standard InChI is InChI=1S/C13H22BrN3O/c1-9(2)15-7-11-5-12(14)8-17-13(11)16-6-10(3)18-4/h5,8-10,15H,6-7H2,1-4H3,(H,16,17). The quantitative estimate of drug-likeness (QED) is 0.812. The number of nitrogens with zero attached hydrogens (tertiary/aromatic N) is 1. The number of rotatable bonds is 7. The summed E-state index contributed by atoms with van der Waals surface area (Å²) < 4.78 is 6.21. The molecule has 4 nitrogen and oxygen atoms in total. The molecule has 1 unspecified atom stereocenters. The number of aromatic nitrogens is 1. The Morgan fingerprint density at radius 2 is 2.11 bits per heavy atom. The number of hydrogen-bond acceptors (Lipinski definition) is 4. The van der Waals surface area contributed by atoms with E-state index in [4.69, 9.17) is 4.74 Å². The number of hydrogen-bond donors (Lipinski definition) is 2. The van der Waals surface area contributed by atoms with Crippen LogP contribution in [0.1, 0.15) is 26.3 Å². The molecule has 5 heteroatoms. The van der Waals surface area contributed by atoms with Crippen LogP contribution in [-0.4, -0.2) is 30.8 Å². The molecule has 1 aromatic rings. The van der Waals surface area contributed by atoms with Gasteiger partial charge in [-0.15, -0.1) is 0 Å². The number of halogens is 1. The minimum Gasteiger partial charge on any atom is -0.380 e. The lowest BCUT2D eigenvalue weighted by molar-refractivity contribution is 0.128. The van der Waals surface area contributed by atoms with Crippen molar-refractivity contribution in [3.63, 3.8) is 0 Å². The van der Waals surface area contributed by atoms with E-state index in [1.807, 2.05) is 6.92 Å². The van der Waals surface area contributed by atoms with Crippen molar-refractivity contribution in [2.45, 2.75) is 39.5 Å². The second-order valence-corrected chi connectivity index (χ2v) is 5.54. The molecule has 0 aliphatic heterocycles. The summed E-state index contributed by atoms with van der Waals surface area (Å²) in [6, 6.07) is 2.54. The maximum Gasteiger partial charge on any atom is 0.130 e. The van der Waals surface area contributed by atoms with Crippen LogP contribution in [0.15, 0.2) is 16.7 Å². The second-order valence-electron chi connectivity index (χ2n) is 4.62. The lowest BCUT2D eigenvalue weighted by Crippen LogP contribution is -2.24. The van der Waals surface area contributed by atoms with Gasteiger partial charge in [0.15, 0.2) is 0 Å². The predicted octanol–water partition coefficient (Wildman–Crippen LogP) is 2.79. The summed E-state index contributed by atoms with van der Waals surface area (Å²) in [5.41, 5.74) is 1.15. The van der Waals surface area contributed by atoms with Crippen molar-refractivity contribution in [2.75, 3.05) is 19.0 Å². The van der Waals surface area contributed by atoms with E-state index in [2.05, 4.69) is 51.5 Å². The van der Waals surface area contributed by atoms with Gasteiger partial charge in [-0.3, -0.25) is 0 Å². The summed E-state index contributed by atoms with van der Waals surface area (Å²) >= 11 is 3.45. The monoisotopic (exact) mass is 315 g/mol. The third-order valence-corrected chi connectivity index (χ3v) is 3.03. The van der Waals surface area contributed by atoms with E-state index in [0.29, 0.717) is 6.04 Å². The van der Waals surface area contributed by atoms with Crippen LogP contribution in [0, 0.1) is 0 Å². The lowest BCUT2D eigenvalue weighted by atomic mass is 10.2. The van der Waals surface area contributed by atoms with E-state index >= 15 is 0 Å². The maximum absolute atomic E-state index is 5.22. The maximum atomic E-state index is 5.22. The average molecular weight is 316 g/mol. The highest BCUT2D eigenvalue weighted by molar-refractivity contribution is 9.10. The van der Waals surface area contributed by atoms with Gasteiger partial charge in [-0.25, -0.2) is 4.98 Å². The Morgan fingerprint density at radius 3 is 2.72 bits per heavy atom. The molecular weight excluding hydrogens is 294 g/mol. The van der Waals surface area contributed by atoms with E-state index in [0.717, 1.165) is 28.9 Å². The SMILES string of the molecule is COC(C)CNc1ncc(Br)cc1CNC(C)C. The fourth-order valence-electron chi connectivity index (χ4n) is 1.41. The first-order valence-corrected chi connectivity index (χ1v) is 6.96. The van der Waals surface area contributed by atoms with Crippen molar-refractivity contribution in [3.05, 3.63) is 22.3 Å². The van der Waals surface area contributed by atoms with E-state index < -0.39 is 0 Å². The van der Waals surface area contributed by atoms with Crippen LogP contribution in [0.4, 0.5) is 5.82 Å². The smallest absolute Gasteiger partial charge is 0.130 e. The summed E-state index contributed by atoms with van der Waals surface area (Å²) in [7, 11) is 1.71. The van der Waals surface area contributed by atoms with Crippen LogP contribution < -0.4 is 10.6 Å². The largest absolute Gasteiger partial charge is 0.380 e. The molecule has 1 aromatic heterocycles. The number of anilines is 1. The number of pyridine rings is 1. The third kappa shape index (κ3) is 5.33. The summed E-state index contributed by atoms with van der Waals surface area (Å²) in [6.07, 6.45) is 1.97. The molecule has 0 bridgehead atoms. The molecule has 0 saturated carbocycles. The van der Waals surface area contributed by atoms with Gasteiger partial charge in [-0.2, -0.15) is 0 Å². The third-order valence-electron chi connectivity index (χ3n) is 2.59. The van der Waals surface area contributed by atoms with Gasteiger partial charge in [0.05, 0.1) is 6.10 Å². The Balaban J connectivity index is 2.69. The number of nitrogens with one attached hydrogen (secondary N) is 2. The van der Waals surface area contributed by atoms with Crippen molar-refractivity contribution in [3.8, 4) is 0 Å². The zero-order valence-corrected chi connectivity index (χ0v) is 13.0. The van der Waals surface area contributed by atoms with E-state index in [9.17, 15) is 0 Å². The van der Waals surface area contributed by atoms with Gasteiger partial charge in [-0.1, -0.05) is 13.8 Å². The van der Waals surface area contributed by atoms with Crippen molar-refractivity contribution < 1.29 is 4.74 Å². The van der Waals surface area contributed by atoms with Gasteiger partial charge < -0.3 is 15.4 Å². The van der Waals surface area contributed by atoms with Crippen LogP contribution in [0.2, 0.25) is 0 Å². The van der Waals surface area contributed by atoms with Crippen LogP contribution in [0.3, 0.4) is 0 Å². The normalized spacial score (nSPS) is 12.8. The van der Waals surface area contributed by atoms with Gasteiger partial charge in [0.2, 0.25) is 0 Å². The summed E-state index contributed by atoms with van der Waals surface area (Å²) in [6.45, 7) is 7.84. The highest BCUT2D eigenvalue weighted by Crippen LogP contribution is 2.18. The minimum atomic E-state index is 0.168. The van der Waals surface area contributed by atoms with Crippen molar-refractivity contribution in [1.29, 1.82) is 0 Å². The van der Waals surface area contributed by atoms with Gasteiger partial charge in [-0.05, 0) is 28.9 Å². The van der Waals surface area contributed by atoms with Crippen LogP contribution in [0.5, 0.6) is 0 Å².